The van der Waals surface area contributed by atoms with E-state index in [-0.39, 0.29) is 5.78 Å². The van der Waals surface area contributed by atoms with Gasteiger partial charge >= 0.3 is 0 Å². The third-order valence-electron chi connectivity index (χ3n) is 2.13. The minimum absolute atomic E-state index is 0.0902. The summed E-state index contributed by atoms with van der Waals surface area (Å²) in [5.74, 6) is 0.887. The van der Waals surface area contributed by atoms with Crippen molar-refractivity contribution in [3.8, 4) is 0 Å². The van der Waals surface area contributed by atoms with Gasteiger partial charge in [0.05, 0.1) is 6.20 Å². The van der Waals surface area contributed by atoms with Gasteiger partial charge < -0.3 is 4.52 Å². The average Bonchev–Trinajstić information content (AvgIpc) is 2.79. The first-order chi connectivity index (χ1) is 7.75. The summed E-state index contributed by atoms with van der Waals surface area (Å²) < 4.78 is 4.75. The maximum absolute atomic E-state index is 11.2. The number of rotatable bonds is 4. The van der Waals surface area contributed by atoms with E-state index in [1.165, 1.54) is 0 Å². The van der Waals surface area contributed by atoms with Crippen LogP contribution in [-0.2, 0) is 5.75 Å². The Hall–Kier alpha value is -1.55. The van der Waals surface area contributed by atoms with Crippen LogP contribution < -0.4 is 0 Å². The Labute approximate surface area is 97.8 Å². The Kier molecular flexibility index (Phi) is 3.41. The molecule has 2 aromatic rings. The van der Waals surface area contributed by atoms with Gasteiger partial charge in [-0.2, -0.15) is 0 Å². The average molecular weight is 233 g/mol. The van der Waals surface area contributed by atoms with Crippen LogP contribution >= 0.6 is 11.8 Å². The van der Waals surface area contributed by atoms with Crippen LogP contribution in [0.5, 0.6) is 0 Å². The molecule has 1 aromatic heterocycles. The minimum atomic E-state index is 0.0902. The number of ketones is 1. The number of hydrogen-bond donors (Lipinski definition) is 0. The predicted molar refractivity (Wildman–Crippen MR) is 62.5 cm³/mol. The minimum Gasteiger partial charge on any atom is -0.364 e. The largest absolute Gasteiger partial charge is 0.364 e. The molecule has 0 unspecified atom stereocenters. The van der Waals surface area contributed by atoms with Crippen molar-refractivity contribution >= 4 is 17.5 Å². The lowest BCUT2D eigenvalue weighted by molar-refractivity contribution is 0.101. The molecule has 0 bridgehead atoms. The summed E-state index contributed by atoms with van der Waals surface area (Å²) >= 11 is 1.66. The molecule has 0 radical (unpaired) electrons. The second-order valence-corrected chi connectivity index (χ2v) is 4.45. The molecular formula is C12H11NO2S. The third kappa shape index (κ3) is 2.73. The van der Waals surface area contributed by atoms with Gasteiger partial charge in [0, 0.05) is 21.8 Å². The molecule has 82 valence electrons. The maximum Gasteiger partial charge on any atom is 0.159 e. The molecule has 0 amide bonds. The second-order valence-electron chi connectivity index (χ2n) is 3.41. The summed E-state index contributed by atoms with van der Waals surface area (Å²) in [4.78, 5) is 12.3. The van der Waals surface area contributed by atoms with Crippen molar-refractivity contribution < 1.29 is 9.32 Å². The van der Waals surface area contributed by atoms with Crippen molar-refractivity contribution in [1.82, 2.24) is 5.16 Å². The second kappa shape index (κ2) is 4.99. The van der Waals surface area contributed by atoms with Crippen molar-refractivity contribution in [2.75, 3.05) is 0 Å². The van der Waals surface area contributed by atoms with E-state index in [1.54, 1.807) is 31.1 Å². The number of thioether (sulfide) groups is 1. The molecule has 0 aliphatic rings. The van der Waals surface area contributed by atoms with Crippen LogP contribution in [0.4, 0.5) is 0 Å². The van der Waals surface area contributed by atoms with Crippen molar-refractivity contribution in [3.05, 3.63) is 47.9 Å². The van der Waals surface area contributed by atoms with E-state index < -0.39 is 0 Å². The zero-order chi connectivity index (χ0) is 11.4. The highest BCUT2D eigenvalue weighted by atomic mass is 32.2. The molecule has 0 aliphatic carbocycles. The van der Waals surface area contributed by atoms with Gasteiger partial charge in [-0.15, -0.1) is 11.8 Å². The highest BCUT2D eigenvalue weighted by molar-refractivity contribution is 7.98. The van der Waals surface area contributed by atoms with E-state index >= 15 is 0 Å². The lowest BCUT2D eigenvalue weighted by atomic mass is 10.2. The Morgan fingerprint density at radius 2 is 2.38 bits per heavy atom. The molecule has 0 aliphatic heterocycles. The van der Waals surface area contributed by atoms with E-state index in [4.69, 9.17) is 4.52 Å². The first-order valence-electron chi connectivity index (χ1n) is 4.88. The highest BCUT2D eigenvalue weighted by Gasteiger charge is 2.02. The smallest absolute Gasteiger partial charge is 0.159 e. The van der Waals surface area contributed by atoms with E-state index in [1.807, 2.05) is 24.3 Å². The molecule has 0 atom stereocenters. The number of carbonyl (C=O) groups is 1. The summed E-state index contributed by atoms with van der Waals surface area (Å²) in [5.41, 5.74) is 1.79. The van der Waals surface area contributed by atoms with Gasteiger partial charge in [-0.3, -0.25) is 4.79 Å². The topological polar surface area (TPSA) is 43.1 Å². The Bertz CT molecular complexity index is 480. The van der Waals surface area contributed by atoms with E-state index in [0.717, 1.165) is 21.8 Å². The number of carbonyl (C=O) groups excluding carboxylic acids is 1. The zero-order valence-corrected chi connectivity index (χ0v) is 9.66. The first-order valence-corrected chi connectivity index (χ1v) is 5.86. The molecule has 2 rings (SSSR count). The van der Waals surface area contributed by atoms with Gasteiger partial charge in [0.15, 0.2) is 5.78 Å². The quantitative estimate of drug-likeness (QED) is 0.601. The van der Waals surface area contributed by atoms with Crippen LogP contribution in [0.25, 0.3) is 0 Å². The summed E-state index contributed by atoms with van der Waals surface area (Å²) in [6.45, 7) is 1.57. The van der Waals surface area contributed by atoms with Gasteiger partial charge in [0.1, 0.15) is 6.26 Å². The van der Waals surface area contributed by atoms with Crippen LogP contribution in [0.3, 0.4) is 0 Å². The van der Waals surface area contributed by atoms with Gasteiger partial charge in [-0.1, -0.05) is 17.3 Å². The van der Waals surface area contributed by atoms with E-state index in [2.05, 4.69) is 5.16 Å². The number of benzene rings is 1. The van der Waals surface area contributed by atoms with Crippen molar-refractivity contribution in [2.24, 2.45) is 0 Å². The third-order valence-corrected chi connectivity index (χ3v) is 3.19. The summed E-state index contributed by atoms with van der Waals surface area (Å²) in [6.07, 6.45) is 3.32. The number of nitrogens with zero attached hydrogens (tertiary/aromatic N) is 1. The van der Waals surface area contributed by atoms with Crippen LogP contribution in [0.1, 0.15) is 22.8 Å². The number of Topliss-reactive ketones (excluding diaryl/α,β-unsaturated/α-hetero) is 1. The first kappa shape index (κ1) is 11.0. The Balaban J connectivity index is 2.04. The molecule has 0 saturated heterocycles. The Morgan fingerprint density at radius 3 is 3.06 bits per heavy atom. The van der Waals surface area contributed by atoms with Crippen LogP contribution in [0.2, 0.25) is 0 Å². The normalized spacial score (nSPS) is 10.3. The molecule has 0 saturated carbocycles. The maximum atomic E-state index is 11.2. The Morgan fingerprint density at radius 1 is 1.50 bits per heavy atom. The molecule has 0 N–H and O–H groups in total. The summed E-state index contributed by atoms with van der Waals surface area (Å²) in [7, 11) is 0. The molecule has 16 heavy (non-hydrogen) atoms. The lowest BCUT2D eigenvalue weighted by Crippen LogP contribution is -1.91. The fourth-order valence-corrected chi connectivity index (χ4v) is 2.13. The SMILES string of the molecule is CC(=O)c1cccc(SCc2cnoc2)c1. The fourth-order valence-electron chi connectivity index (χ4n) is 1.27. The van der Waals surface area contributed by atoms with Gasteiger partial charge in [-0.25, -0.2) is 0 Å². The van der Waals surface area contributed by atoms with Gasteiger partial charge in [-0.05, 0) is 19.1 Å². The van der Waals surface area contributed by atoms with Crippen molar-refractivity contribution in [1.29, 1.82) is 0 Å². The van der Waals surface area contributed by atoms with E-state index in [0.29, 0.717) is 0 Å². The molecule has 1 aromatic carbocycles. The monoisotopic (exact) mass is 233 g/mol. The van der Waals surface area contributed by atoms with Gasteiger partial charge in [0.2, 0.25) is 0 Å². The predicted octanol–water partition coefficient (Wildman–Crippen LogP) is 3.17. The van der Waals surface area contributed by atoms with Crippen molar-refractivity contribution in [3.63, 3.8) is 0 Å². The zero-order valence-electron chi connectivity index (χ0n) is 8.84. The fraction of sp³-hybridized carbons (Fsp3) is 0.167. The van der Waals surface area contributed by atoms with Crippen LogP contribution in [0, 0.1) is 0 Å². The van der Waals surface area contributed by atoms with Crippen LogP contribution in [-0.4, -0.2) is 10.9 Å². The van der Waals surface area contributed by atoms with E-state index in [9.17, 15) is 4.79 Å². The summed E-state index contributed by atoms with van der Waals surface area (Å²) in [5, 5.41) is 3.64. The molecule has 4 heteroatoms. The highest BCUT2D eigenvalue weighted by Crippen LogP contribution is 2.23. The standard InChI is InChI=1S/C12H11NO2S/c1-9(14)11-3-2-4-12(5-11)16-8-10-6-13-15-7-10/h2-7H,8H2,1H3. The molecule has 1 heterocycles. The molecule has 0 fully saturated rings. The summed E-state index contributed by atoms with van der Waals surface area (Å²) in [6, 6.07) is 7.61. The molecular weight excluding hydrogens is 222 g/mol. The molecule has 0 spiro atoms. The van der Waals surface area contributed by atoms with Crippen molar-refractivity contribution in [2.45, 2.75) is 17.6 Å². The van der Waals surface area contributed by atoms with Gasteiger partial charge in [0.25, 0.3) is 0 Å². The lowest BCUT2D eigenvalue weighted by Gasteiger charge is -2.01. The number of aromatic nitrogens is 1. The van der Waals surface area contributed by atoms with Crippen LogP contribution in [0.15, 0.2) is 46.1 Å². The molecule has 3 nitrogen and oxygen atoms in total. The number of hydrogen-bond acceptors (Lipinski definition) is 4.